The van der Waals surface area contributed by atoms with Crippen molar-refractivity contribution in [3.63, 3.8) is 0 Å². The lowest BCUT2D eigenvalue weighted by atomic mass is 10.1. The number of nitrogens with one attached hydrogen (secondary N) is 1. The number of aryl methyl sites for hydroxylation is 1. The van der Waals surface area contributed by atoms with Crippen LogP contribution in [0.15, 0.2) is 65.6 Å². The normalized spacial score (nSPS) is 16.0. The monoisotopic (exact) mass is 536 g/mol. The first kappa shape index (κ1) is 26.8. The van der Waals surface area contributed by atoms with Crippen molar-refractivity contribution in [1.82, 2.24) is 9.38 Å². The molecule has 1 saturated heterocycles. The maximum absolute atomic E-state index is 13.6. The third-order valence-corrected chi connectivity index (χ3v) is 7.55. The van der Waals surface area contributed by atoms with E-state index < -0.39 is 5.97 Å². The van der Waals surface area contributed by atoms with Gasteiger partial charge in [-0.05, 0) is 75.7 Å². The van der Waals surface area contributed by atoms with E-state index in [1.807, 2.05) is 51.1 Å². The fourth-order valence-electron chi connectivity index (χ4n) is 5.44. The van der Waals surface area contributed by atoms with Crippen LogP contribution < -0.4 is 20.7 Å². The highest BCUT2D eigenvalue weighted by Crippen LogP contribution is 2.29. The molecule has 3 heterocycles. The first-order valence-corrected chi connectivity index (χ1v) is 13.3. The lowest BCUT2D eigenvalue weighted by Crippen LogP contribution is -2.53. The van der Waals surface area contributed by atoms with Crippen LogP contribution in [0.4, 0.5) is 17.2 Å². The second-order valence-electron chi connectivity index (χ2n) is 10.4. The van der Waals surface area contributed by atoms with E-state index in [1.54, 1.807) is 34.9 Å². The summed E-state index contributed by atoms with van der Waals surface area (Å²) >= 11 is 0. The van der Waals surface area contributed by atoms with Crippen LogP contribution in [-0.4, -0.2) is 46.1 Å². The topological polar surface area (TPSA) is 114 Å². The molecule has 1 fully saturated rings. The first-order chi connectivity index (χ1) is 19.2. The Morgan fingerprint density at radius 1 is 1.15 bits per heavy atom. The lowest BCUT2D eigenvalue weighted by molar-refractivity contribution is 0.0698. The molecule has 0 amide bonds. The van der Waals surface area contributed by atoms with E-state index in [4.69, 9.17) is 10.2 Å². The number of carboxylic acids is 1. The summed E-state index contributed by atoms with van der Waals surface area (Å²) in [6, 6.07) is 18.3. The van der Waals surface area contributed by atoms with Crippen LogP contribution in [0.1, 0.15) is 52.5 Å². The second-order valence-corrected chi connectivity index (χ2v) is 10.4. The number of para-hydroxylation sites is 1. The summed E-state index contributed by atoms with van der Waals surface area (Å²) in [6.45, 7) is 10.0. The fourth-order valence-corrected chi connectivity index (χ4v) is 5.44. The Balaban J connectivity index is 1.50. The van der Waals surface area contributed by atoms with Gasteiger partial charge in [0.25, 0.3) is 5.56 Å². The minimum absolute atomic E-state index is 0.0873. The van der Waals surface area contributed by atoms with E-state index in [9.17, 15) is 14.7 Å². The van der Waals surface area contributed by atoms with Crippen molar-refractivity contribution >= 4 is 28.8 Å². The minimum atomic E-state index is -1.01. The molecule has 0 radical (unpaired) electrons. The summed E-state index contributed by atoms with van der Waals surface area (Å²) in [7, 11) is 0. The third kappa shape index (κ3) is 4.96. The van der Waals surface area contributed by atoms with Crippen LogP contribution in [0.2, 0.25) is 0 Å². The molecule has 0 saturated carbocycles. The van der Waals surface area contributed by atoms with Crippen molar-refractivity contribution in [1.29, 1.82) is 5.26 Å². The summed E-state index contributed by atoms with van der Waals surface area (Å²) in [5, 5.41) is 22.1. The fraction of sp³-hybridized carbons (Fsp3) is 0.290. The Kier molecular flexibility index (Phi) is 7.18. The average Bonchev–Trinajstić information content (AvgIpc) is 2.95. The second kappa shape index (κ2) is 10.7. The van der Waals surface area contributed by atoms with E-state index in [-0.39, 0.29) is 23.2 Å². The molecule has 2 atom stereocenters. The third-order valence-electron chi connectivity index (χ3n) is 7.55. The standard InChI is InChI=1S/C31H32N6O3/c1-19-15-26(22(4)33-27-8-6-5-7-25(27)31(39)40)29-34-28(21(3)30(38)37(29)17-19)36-14-13-35(18-20(36)2)24-11-9-23(16-32)10-12-24/h5-12,15,17,20,22,33H,13-14,18H2,1-4H3,(H,39,40)/t20-,22-/m1/s1. The Hall–Kier alpha value is -4.84. The van der Waals surface area contributed by atoms with E-state index in [1.165, 1.54) is 0 Å². The molecule has 204 valence electrons. The summed E-state index contributed by atoms with van der Waals surface area (Å²) in [5.74, 6) is -0.342. The van der Waals surface area contributed by atoms with E-state index in [0.717, 1.165) is 29.9 Å². The smallest absolute Gasteiger partial charge is 0.337 e. The van der Waals surface area contributed by atoms with E-state index in [2.05, 4.69) is 28.1 Å². The minimum Gasteiger partial charge on any atom is -0.478 e. The van der Waals surface area contributed by atoms with Gasteiger partial charge in [-0.25, -0.2) is 9.78 Å². The number of fused-ring (bicyclic) bond motifs is 1. The molecule has 40 heavy (non-hydrogen) atoms. The van der Waals surface area contributed by atoms with Gasteiger partial charge in [0.05, 0.1) is 28.8 Å². The van der Waals surface area contributed by atoms with Gasteiger partial charge >= 0.3 is 5.97 Å². The largest absolute Gasteiger partial charge is 0.478 e. The summed E-state index contributed by atoms with van der Waals surface area (Å²) < 4.78 is 1.60. The molecule has 0 aliphatic carbocycles. The van der Waals surface area contributed by atoms with Gasteiger partial charge in [-0.2, -0.15) is 5.26 Å². The van der Waals surface area contributed by atoms with Gasteiger partial charge in [-0.1, -0.05) is 12.1 Å². The number of piperazine rings is 1. The molecule has 1 aliphatic rings. The van der Waals surface area contributed by atoms with Crippen LogP contribution in [0.5, 0.6) is 0 Å². The van der Waals surface area contributed by atoms with Crippen LogP contribution >= 0.6 is 0 Å². The van der Waals surface area contributed by atoms with Crippen molar-refractivity contribution in [2.75, 3.05) is 34.8 Å². The van der Waals surface area contributed by atoms with Crippen molar-refractivity contribution in [2.45, 2.75) is 39.8 Å². The average molecular weight is 537 g/mol. The number of aromatic carboxylic acids is 1. The zero-order chi connectivity index (χ0) is 28.6. The predicted octanol–water partition coefficient (Wildman–Crippen LogP) is 4.77. The van der Waals surface area contributed by atoms with Crippen LogP contribution in [0.3, 0.4) is 0 Å². The zero-order valence-corrected chi connectivity index (χ0v) is 23.0. The van der Waals surface area contributed by atoms with Gasteiger partial charge in [0.15, 0.2) is 0 Å². The van der Waals surface area contributed by atoms with Gasteiger partial charge in [0.1, 0.15) is 11.5 Å². The molecule has 2 N–H and O–H groups in total. The Morgan fingerprint density at radius 2 is 1.88 bits per heavy atom. The number of aromatic nitrogens is 2. The molecular formula is C31H32N6O3. The highest BCUT2D eigenvalue weighted by atomic mass is 16.4. The van der Waals surface area contributed by atoms with Crippen molar-refractivity contribution in [3.8, 4) is 6.07 Å². The number of benzene rings is 2. The molecule has 9 heteroatoms. The number of nitriles is 1. The Labute approximate surface area is 232 Å². The van der Waals surface area contributed by atoms with Gasteiger partial charge < -0.3 is 20.2 Å². The molecular weight excluding hydrogens is 504 g/mol. The number of carboxylic acid groups (broad SMARTS) is 1. The number of rotatable bonds is 6. The molecule has 5 rings (SSSR count). The quantitative estimate of drug-likeness (QED) is 0.362. The van der Waals surface area contributed by atoms with Crippen LogP contribution in [0.25, 0.3) is 5.65 Å². The summed E-state index contributed by atoms with van der Waals surface area (Å²) in [6.07, 6.45) is 1.80. The summed E-state index contributed by atoms with van der Waals surface area (Å²) in [4.78, 5) is 34.9. The molecule has 0 bridgehead atoms. The highest BCUT2D eigenvalue weighted by molar-refractivity contribution is 5.94. The number of hydrogen-bond donors (Lipinski definition) is 2. The number of anilines is 3. The molecule has 9 nitrogen and oxygen atoms in total. The molecule has 4 aromatic rings. The Morgan fingerprint density at radius 3 is 2.55 bits per heavy atom. The SMILES string of the molecule is Cc1cc([C@@H](C)Nc2ccccc2C(=O)O)c2nc(N3CCN(c4ccc(C#N)cc4)C[C@H]3C)c(C)c(=O)n2c1. The van der Waals surface area contributed by atoms with Crippen molar-refractivity contribution < 1.29 is 9.90 Å². The molecule has 1 aliphatic heterocycles. The van der Waals surface area contributed by atoms with Gasteiger partial charge in [0.2, 0.25) is 0 Å². The van der Waals surface area contributed by atoms with Crippen molar-refractivity contribution in [2.24, 2.45) is 0 Å². The molecule has 2 aromatic heterocycles. The van der Waals surface area contributed by atoms with E-state index in [0.29, 0.717) is 34.8 Å². The zero-order valence-electron chi connectivity index (χ0n) is 23.0. The van der Waals surface area contributed by atoms with Gasteiger partial charge in [-0.15, -0.1) is 0 Å². The molecule has 0 unspecified atom stereocenters. The number of carbonyl (C=O) groups is 1. The predicted molar refractivity (Wildman–Crippen MR) is 157 cm³/mol. The van der Waals surface area contributed by atoms with Gasteiger partial charge in [0, 0.05) is 48.8 Å². The van der Waals surface area contributed by atoms with E-state index >= 15 is 0 Å². The highest BCUT2D eigenvalue weighted by Gasteiger charge is 2.28. The lowest BCUT2D eigenvalue weighted by Gasteiger charge is -2.42. The Bertz CT molecular complexity index is 1690. The molecule has 2 aromatic carbocycles. The summed E-state index contributed by atoms with van der Waals surface area (Å²) in [5.41, 5.74) is 5.11. The molecule has 0 spiro atoms. The maximum atomic E-state index is 13.6. The van der Waals surface area contributed by atoms with Gasteiger partial charge in [-0.3, -0.25) is 9.20 Å². The van der Waals surface area contributed by atoms with Crippen molar-refractivity contribution in [3.05, 3.63) is 99.0 Å². The number of nitrogens with zero attached hydrogens (tertiary/aromatic N) is 5. The first-order valence-electron chi connectivity index (χ1n) is 13.3. The van der Waals surface area contributed by atoms with Crippen LogP contribution in [0, 0.1) is 25.2 Å². The maximum Gasteiger partial charge on any atom is 0.337 e. The van der Waals surface area contributed by atoms with Crippen LogP contribution in [-0.2, 0) is 0 Å². The number of hydrogen-bond acceptors (Lipinski definition) is 7. The number of pyridine rings is 1.